The highest BCUT2D eigenvalue weighted by molar-refractivity contribution is 6.32. The summed E-state index contributed by atoms with van der Waals surface area (Å²) in [5, 5.41) is 0.201. The van der Waals surface area contributed by atoms with Crippen LogP contribution < -0.4 is 4.74 Å². The average Bonchev–Trinajstić information content (AvgIpc) is 2.19. The van der Waals surface area contributed by atoms with Gasteiger partial charge in [0.2, 0.25) is 0 Å². The molecule has 0 unspecified atom stereocenters. The highest BCUT2D eigenvalue weighted by Crippen LogP contribution is 2.32. The fourth-order valence-electron chi connectivity index (χ4n) is 1.23. The average molecular weight is 267 g/mol. The molecular formula is C12H14ClF3O. The third-order valence-electron chi connectivity index (χ3n) is 2.39. The van der Waals surface area contributed by atoms with E-state index in [2.05, 4.69) is 0 Å². The van der Waals surface area contributed by atoms with Crippen LogP contribution in [0.25, 0.3) is 0 Å². The van der Waals surface area contributed by atoms with Gasteiger partial charge < -0.3 is 4.74 Å². The Hall–Kier alpha value is -0.900. The van der Waals surface area contributed by atoms with Crippen molar-refractivity contribution in [1.29, 1.82) is 0 Å². The van der Waals surface area contributed by atoms with Gasteiger partial charge in [-0.3, -0.25) is 0 Å². The van der Waals surface area contributed by atoms with E-state index >= 15 is 0 Å². The van der Waals surface area contributed by atoms with Gasteiger partial charge in [-0.25, -0.2) is 0 Å². The third-order valence-corrected chi connectivity index (χ3v) is 2.68. The standard InChI is InChI=1S/C12H14ClF3O/c1-7(2)9-4-5-11(10(13)6-9)17-8(3)12(14,15)16/h4-8H,1-3H3/t8-/m0/s1. The predicted octanol–water partition coefficient (Wildman–Crippen LogP) is 4.79. The van der Waals surface area contributed by atoms with E-state index in [1.807, 2.05) is 13.8 Å². The predicted molar refractivity (Wildman–Crippen MR) is 61.7 cm³/mol. The zero-order chi connectivity index (χ0) is 13.2. The Kier molecular flexibility index (Phi) is 4.31. The van der Waals surface area contributed by atoms with Gasteiger partial charge in [-0.1, -0.05) is 31.5 Å². The molecule has 0 aliphatic carbocycles. The monoisotopic (exact) mass is 266 g/mol. The van der Waals surface area contributed by atoms with Gasteiger partial charge in [-0.15, -0.1) is 0 Å². The number of hydrogen-bond donors (Lipinski definition) is 0. The molecule has 5 heteroatoms. The number of alkyl halides is 3. The van der Waals surface area contributed by atoms with E-state index in [1.165, 1.54) is 6.07 Å². The molecule has 1 atom stereocenters. The second-order valence-corrected chi connectivity index (χ2v) is 4.55. The van der Waals surface area contributed by atoms with Crippen molar-refractivity contribution < 1.29 is 17.9 Å². The van der Waals surface area contributed by atoms with Crippen molar-refractivity contribution in [2.75, 3.05) is 0 Å². The van der Waals surface area contributed by atoms with E-state index in [4.69, 9.17) is 16.3 Å². The molecule has 0 aromatic heterocycles. The van der Waals surface area contributed by atoms with Crippen molar-refractivity contribution in [2.24, 2.45) is 0 Å². The fourth-order valence-corrected chi connectivity index (χ4v) is 1.46. The van der Waals surface area contributed by atoms with Crippen LogP contribution in [0.1, 0.15) is 32.3 Å². The van der Waals surface area contributed by atoms with Gasteiger partial charge in [0.1, 0.15) is 5.75 Å². The number of benzene rings is 1. The second kappa shape index (κ2) is 5.17. The van der Waals surface area contributed by atoms with Crippen molar-refractivity contribution >= 4 is 11.6 Å². The van der Waals surface area contributed by atoms with Crippen molar-refractivity contribution in [3.05, 3.63) is 28.8 Å². The first kappa shape index (κ1) is 14.2. The molecule has 1 rings (SSSR count). The maximum absolute atomic E-state index is 12.3. The van der Waals surface area contributed by atoms with Crippen LogP contribution in [0.15, 0.2) is 18.2 Å². The molecule has 0 aliphatic heterocycles. The molecule has 0 saturated heterocycles. The lowest BCUT2D eigenvalue weighted by Crippen LogP contribution is -2.31. The summed E-state index contributed by atoms with van der Waals surface area (Å²) in [6.07, 6.45) is -6.26. The lowest BCUT2D eigenvalue weighted by Gasteiger charge is -2.19. The Morgan fingerprint density at radius 2 is 1.76 bits per heavy atom. The fraction of sp³-hybridized carbons (Fsp3) is 0.500. The first-order valence-corrected chi connectivity index (χ1v) is 5.62. The largest absolute Gasteiger partial charge is 0.480 e. The molecule has 0 aliphatic rings. The van der Waals surface area contributed by atoms with Crippen LogP contribution in [-0.2, 0) is 0 Å². The minimum absolute atomic E-state index is 0.0564. The quantitative estimate of drug-likeness (QED) is 0.764. The Bertz CT molecular complexity index is 388. The van der Waals surface area contributed by atoms with E-state index in [1.54, 1.807) is 12.1 Å². The summed E-state index contributed by atoms with van der Waals surface area (Å²) in [7, 11) is 0. The van der Waals surface area contributed by atoms with Crippen LogP contribution in [0, 0.1) is 0 Å². The van der Waals surface area contributed by atoms with Crippen molar-refractivity contribution in [2.45, 2.75) is 39.0 Å². The van der Waals surface area contributed by atoms with Gasteiger partial charge in [0.15, 0.2) is 6.10 Å². The molecule has 0 bridgehead atoms. The summed E-state index contributed by atoms with van der Waals surface area (Å²) in [6.45, 7) is 4.90. The van der Waals surface area contributed by atoms with Crippen LogP contribution in [0.3, 0.4) is 0 Å². The summed E-state index contributed by atoms with van der Waals surface area (Å²) in [6, 6.07) is 4.82. The highest BCUT2D eigenvalue weighted by Gasteiger charge is 2.38. The third kappa shape index (κ3) is 3.80. The van der Waals surface area contributed by atoms with E-state index in [0.717, 1.165) is 12.5 Å². The maximum atomic E-state index is 12.3. The number of halogens is 4. The lowest BCUT2D eigenvalue weighted by atomic mass is 10.0. The Labute approximate surface area is 104 Å². The Morgan fingerprint density at radius 1 is 1.18 bits per heavy atom. The van der Waals surface area contributed by atoms with E-state index < -0.39 is 12.3 Å². The van der Waals surface area contributed by atoms with Crippen LogP contribution in [0.5, 0.6) is 5.75 Å². The topological polar surface area (TPSA) is 9.23 Å². The SMILES string of the molecule is CC(C)c1ccc(O[C@@H](C)C(F)(F)F)c(Cl)c1. The molecule has 1 aromatic carbocycles. The zero-order valence-electron chi connectivity index (χ0n) is 9.81. The molecule has 96 valence electrons. The smallest absolute Gasteiger partial charge is 0.425 e. The second-order valence-electron chi connectivity index (χ2n) is 4.15. The number of hydrogen-bond acceptors (Lipinski definition) is 1. The van der Waals surface area contributed by atoms with Crippen LogP contribution in [0.2, 0.25) is 5.02 Å². The van der Waals surface area contributed by atoms with Crippen molar-refractivity contribution in [3.63, 3.8) is 0 Å². The summed E-state index contributed by atoms with van der Waals surface area (Å²) in [4.78, 5) is 0. The minimum atomic E-state index is -4.39. The molecule has 0 amide bonds. The highest BCUT2D eigenvalue weighted by atomic mass is 35.5. The molecule has 0 N–H and O–H groups in total. The van der Waals surface area contributed by atoms with Gasteiger partial charge in [-0.2, -0.15) is 13.2 Å². The van der Waals surface area contributed by atoms with Crippen LogP contribution >= 0.6 is 11.6 Å². The van der Waals surface area contributed by atoms with Gasteiger partial charge in [0, 0.05) is 0 Å². The summed E-state index contributed by atoms with van der Waals surface area (Å²) in [5.41, 5.74) is 0.960. The summed E-state index contributed by atoms with van der Waals surface area (Å²) < 4.78 is 41.7. The van der Waals surface area contributed by atoms with Crippen LogP contribution in [0.4, 0.5) is 13.2 Å². The van der Waals surface area contributed by atoms with E-state index in [9.17, 15) is 13.2 Å². The van der Waals surface area contributed by atoms with Crippen LogP contribution in [-0.4, -0.2) is 12.3 Å². The molecule has 1 aromatic rings. The van der Waals surface area contributed by atoms with Crippen molar-refractivity contribution in [3.8, 4) is 5.75 Å². The van der Waals surface area contributed by atoms with Gasteiger partial charge >= 0.3 is 6.18 Å². The Balaban J connectivity index is 2.87. The molecule has 0 heterocycles. The number of ether oxygens (including phenoxy) is 1. The van der Waals surface area contributed by atoms with E-state index in [0.29, 0.717) is 0 Å². The van der Waals surface area contributed by atoms with Gasteiger partial charge in [-0.05, 0) is 30.5 Å². The summed E-state index contributed by atoms with van der Waals surface area (Å²) >= 11 is 5.88. The number of rotatable bonds is 3. The first-order valence-electron chi connectivity index (χ1n) is 5.24. The molecule has 17 heavy (non-hydrogen) atoms. The molecule has 1 nitrogen and oxygen atoms in total. The van der Waals surface area contributed by atoms with E-state index in [-0.39, 0.29) is 16.7 Å². The minimum Gasteiger partial charge on any atom is -0.480 e. The molecular weight excluding hydrogens is 253 g/mol. The maximum Gasteiger partial charge on any atom is 0.425 e. The zero-order valence-corrected chi connectivity index (χ0v) is 10.6. The first-order chi connectivity index (χ1) is 7.71. The molecule has 0 spiro atoms. The molecule has 0 fully saturated rings. The van der Waals surface area contributed by atoms with Gasteiger partial charge in [0.25, 0.3) is 0 Å². The molecule has 0 saturated carbocycles. The Morgan fingerprint density at radius 3 is 2.18 bits per heavy atom. The summed E-state index contributed by atoms with van der Waals surface area (Å²) in [5.74, 6) is 0.322. The van der Waals surface area contributed by atoms with Crippen molar-refractivity contribution in [1.82, 2.24) is 0 Å². The normalized spacial score (nSPS) is 13.9. The van der Waals surface area contributed by atoms with Gasteiger partial charge in [0.05, 0.1) is 5.02 Å². The lowest BCUT2D eigenvalue weighted by molar-refractivity contribution is -0.189. The molecule has 0 radical (unpaired) electrons.